The van der Waals surface area contributed by atoms with Crippen LogP contribution in [-0.4, -0.2) is 36.2 Å². The van der Waals surface area contributed by atoms with Crippen molar-refractivity contribution in [1.29, 1.82) is 0 Å². The molecule has 2 rings (SSSR count). The topological polar surface area (TPSA) is 49.4 Å². The fraction of sp³-hybridized carbons (Fsp3) is 0.474. The molecule has 6 heteroatoms. The van der Waals surface area contributed by atoms with Gasteiger partial charge in [0.1, 0.15) is 5.92 Å². The van der Waals surface area contributed by atoms with Gasteiger partial charge < -0.3 is 10.2 Å². The van der Waals surface area contributed by atoms with Crippen molar-refractivity contribution in [2.24, 2.45) is 11.8 Å². The second kappa shape index (κ2) is 8.24. The largest absolute Gasteiger partial charge is 0.371 e. The molecule has 1 saturated heterocycles. The van der Waals surface area contributed by atoms with Crippen LogP contribution in [0.5, 0.6) is 0 Å². The van der Waals surface area contributed by atoms with Gasteiger partial charge in [0.25, 0.3) is 0 Å². The molecule has 4 nitrogen and oxygen atoms in total. The van der Waals surface area contributed by atoms with Crippen LogP contribution in [0.4, 0.5) is 0 Å². The average molecular weight is 383 g/mol. The Bertz CT molecular complexity index is 688. The maximum atomic E-state index is 12.5. The summed E-state index contributed by atoms with van der Waals surface area (Å²) in [5, 5.41) is 4.10. The Morgan fingerprint density at radius 1 is 1.36 bits per heavy atom. The highest BCUT2D eigenvalue weighted by atomic mass is 35.5. The normalized spacial score (nSPS) is 18.8. The van der Waals surface area contributed by atoms with E-state index in [-0.39, 0.29) is 23.7 Å². The van der Waals surface area contributed by atoms with Crippen LogP contribution in [0.15, 0.2) is 30.5 Å². The number of ketones is 1. The van der Waals surface area contributed by atoms with Gasteiger partial charge >= 0.3 is 0 Å². The van der Waals surface area contributed by atoms with Gasteiger partial charge in [0.05, 0.1) is 15.7 Å². The zero-order chi connectivity index (χ0) is 18.7. The lowest BCUT2D eigenvalue weighted by Gasteiger charge is -2.24. The van der Waals surface area contributed by atoms with E-state index in [0.717, 1.165) is 18.4 Å². The number of carbonyl (C=O) groups excluding carboxylic acids is 2. The summed E-state index contributed by atoms with van der Waals surface area (Å²) in [6.07, 6.45) is 1.53. The number of carbonyl (C=O) groups is 2. The molecule has 1 N–H and O–H groups in total. The molecule has 0 bridgehead atoms. The molecule has 25 heavy (non-hydrogen) atoms. The number of Topliss-reactive ketones (excluding diaryl/α,β-unsaturated/α-hetero) is 1. The van der Waals surface area contributed by atoms with Crippen LogP contribution in [0, 0.1) is 11.8 Å². The molecule has 1 aromatic rings. The Morgan fingerprint density at radius 3 is 2.56 bits per heavy atom. The highest BCUT2D eigenvalue weighted by Gasteiger charge is 2.38. The first kappa shape index (κ1) is 19.8. The number of allylic oxidation sites excluding steroid dienone is 1. The van der Waals surface area contributed by atoms with Gasteiger partial charge in [-0.3, -0.25) is 9.59 Å². The fourth-order valence-electron chi connectivity index (χ4n) is 2.93. The molecule has 0 aromatic heterocycles. The lowest BCUT2D eigenvalue weighted by Crippen LogP contribution is -2.44. The Kier molecular flexibility index (Phi) is 6.53. The summed E-state index contributed by atoms with van der Waals surface area (Å²) < 4.78 is 0. The van der Waals surface area contributed by atoms with Crippen LogP contribution < -0.4 is 5.32 Å². The molecule has 136 valence electrons. The summed E-state index contributed by atoms with van der Waals surface area (Å²) in [6, 6.07) is 5.55. The van der Waals surface area contributed by atoms with Crippen molar-refractivity contribution in [2.45, 2.75) is 32.7 Å². The summed E-state index contributed by atoms with van der Waals surface area (Å²) >= 11 is 12.0. The number of likely N-dealkylation sites (tertiary alicyclic amines) is 1. The summed E-state index contributed by atoms with van der Waals surface area (Å²) in [7, 11) is 1.78. The van der Waals surface area contributed by atoms with Crippen LogP contribution in [0.1, 0.15) is 25.8 Å². The van der Waals surface area contributed by atoms with E-state index >= 15 is 0 Å². The summed E-state index contributed by atoms with van der Waals surface area (Å²) in [4.78, 5) is 26.4. The van der Waals surface area contributed by atoms with Crippen LogP contribution in [-0.2, 0) is 16.0 Å². The van der Waals surface area contributed by atoms with Crippen molar-refractivity contribution in [1.82, 2.24) is 10.2 Å². The second-order valence-corrected chi connectivity index (χ2v) is 7.70. The van der Waals surface area contributed by atoms with E-state index in [1.165, 1.54) is 0 Å². The number of benzene rings is 1. The number of aryl methyl sites for hydroxylation is 1. The van der Waals surface area contributed by atoms with E-state index in [2.05, 4.69) is 25.7 Å². The monoisotopic (exact) mass is 382 g/mol. The van der Waals surface area contributed by atoms with E-state index in [9.17, 15) is 9.59 Å². The highest BCUT2D eigenvalue weighted by Crippen LogP contribution is 2.24. The molecule has 0 radical (unpaired) electrons. The lowest BCUT2D eigenvalue weighted by molar-refractivity contribution is -0.131. The Balaban J connectivity index is 1.98. The minimum absolute atomic E-state index is 0.0195. The number of rotatable bonds is 6. The molecule has 1 aliphatic heterocycles. The number of hydrogen-bond acceptors (Lipinski definition) is 3. The third-order valence-electron chi connectivity index (χ3n) is 4.70. The maximum Gasteiger partial charge on any atom is 0.233 e. The van der Waals surface area contributed by atoms with Crippen LogP contribution in [0.3, 0.4) is 0 Å². The summed E-state index contributed by atoms with van der Waals surface area (Å²) in [5.74, 6) is -0.816. The van der Waals surface area contributed by atoms with Crippen molar-refractivity contribution in [3.05, 3.63) is 46.1 Å². The minimum atomic E-state index is -0.663. The molecule has 1 heterocycles. The molecule has 1 fully saturated rings. The SMILES string of the molecule is C=C1C(=O)C(C(=O)NC(CCc2ccc(Cl)c(Cl)c2)C(C)C)CN1C. The Hall–Kier alpha value is -1.52. The Morgan fingerprint density at radius 2 is 2.04 bits per heavy atom. The molecule has 1 aromatic carbocycles. The first-order valence-electron chi connectivity index (χ1n) is 8.39. The Labute approximate surface area is 159 Å². The highest BCUT2D eigenvalue weighted by molar-refractivity contribution is 6.42. The second-order valence-electron chi connectivity index (χ2n) is 6.89. The number of halogens is 2. The standard InChI is InChI=1S/C19H24Cl2N2O2/c1-11(2)17(8-6-13-5-7-15(20)16(21)9-13)22-19(25)14-10-23(4)12(3)18(14)24/h5,7,9,11,14,17H,3,6,8,10H2,1-2,4H3,(H,22,25). The van der Waals surface area contributed by atoms with Gasteiger partial charge in [-0.1, -0.05) is 49.7 Å². The molecule has 0 aliphatic carbocycles. The van der Waals surface area contributed by atoms with Crippen LogP contribution >= 0.6 is 23.2 Å². The molecule has 0 spiro atoms. The molecule has 1 amide bonds. The van der Waals surface area contributed by atoms with E-state index < -0.39 is 5.92 Å². The summed E-state index contributed by atoms with van der Waals surface area (Å²) in [6.45, 7) is 8.23. The molecular formula is C19H24Cl2N2O2. The van der Waals surface area contributed by atoms with Gasteiger partial charge in [-0.25, -0.2) is 0 Å². The van der Waals surface area contributed by atoms with Crippen LogP contribution in [0.2, 0.25) is 10.0 Å². The van der Waals surface area contributed by atoms with Crippen molar-refractivity contribution in [3.63, 3.8) is 0 Å². The van der Waals surface area contributed by atoms with Gasteiger partial charge in [0.2, 0.25) is 5.91 Å². The molecule has 2 atom stereocenters. The minimum Gasteiger partial charge on any atom is -0.371 e. The zero-order valence-corrected chi connectivity index (χ0v) is 16.3. The summed E-state index contributed by atoms with van der Waals surface area (Å²) in [5.41, 5.74) is 1.47. The van der Waals surface area contributed by atoms with Gasteiger partial charge in [-0.05, 0) is 36.5 Å². The van der Waals surface area contributed by atoms with E-state index in [0.29, 0.717) is 22.3 Å². The van der Waals surface area contributed by atoms with Crippen molar-refractivity contribution < 1.29 is 9.59 Å². The van der Waals surface area contributed by atoms with Crippen molar-refractivity contribution in [3.8, 4) is 0 Å². The molecule has 2 unspecified atom stereocenters. The number of nitrogens with one attached hydrogen (secondary N) is 1. The predicted molar refractivity (Wildman–Crippen MR) is 102 cm³/mol. The predicted octanol–water partition coefficient (Wildman–Crippen LogP) is 3.71. The van der Waals surface area contributed by atoms with Gasteiger partial charge in [-0.2, -0.15) is 0 Å². The van der Waals surface area contributed by atoms with Gasteiger partial charge in [0.15, 0.2) is 5.78 Å². The first-order chi connectivity index (χ1) is 11.7. The number of likely N-dealkylation sites (N-methyl/N-ethyl adjacent to an activating group) is 1. The quantitative estimate of drug-likeness (QED) is 0.602. The first-order valence-corrected chi connectivity index (χ1v) is 9.14. The average Bonchev–Trinajstić information content (AvgIpc) is 2.81. The van der Waals surface area contributed by atoms with E-state index in [1.54, 1.807) is 18.0 Å². The molecular weight excluding hydrogens is 359 g/mol. The number of nitrogens with zero attached hydrogens (tertiary/aromatic N) is 1. The van der Waals surface area contributed by atoms with Crippen molar-refractivity contribution >= 4 is 34.9 Å². The smallest absolute Gasteiger partial charge is 0.233 e. The van der Waals surface area contributed by atoms with E-state index in [1.807, 2.05) is 12.1 Å². The fourth-order valence-corrected chi connectivity index (χ4v) is 3.25. The van der Waals surface area contributed by atoms with E-state index in [4.69, 9.17) is 23.2 Å². The van der Waals surface area contributed by atoms with Gasteiger partial charge in [-0.15, -0.1) is 0 Å². The molecule has 1 aliphatic rings. The molecule has 0 saturated carbocycles. The zero-order valence-electron chi connectivity index (χ0n) is 14.8. The number of amides is 1. The third kappa shape index (κ3) is 4.77. The van der Waals surface area contributed by atoms with Crippen LogP contribution in [0.25, 0.3) is 0 Å². The third-order valence-corrected chi connectivity index (χ3v) is 5.43. The maximum absolute atomic E-state index is 12.5. The van der Waals surface area contributed by atoms with Gasteiger partial charge in [0, 0.05) is 19.6 Å². The lowest BCUT2D eigenvalue weighted by atomic mass is 9.95. The number of hydrogen-bond donors (Lipinski definition) is 1. The van der Waals surface area contributed by atoms with Crippen molar-refractivity contribution in [2.75, 3.05) is 13.6 Å².